The molecule has 5 heteroatoms. The maximum atomic E-state index is 13.5. The predicted octanol–water partition coefficient (Wildman–Crippen LogP) is 2.63. The van der Waals surface area contributed by atoms with Gasteiger partial charge in [-0.15, -0.1) is 0 Å². The lowest BCUT2D eigenvalue weighted by molar-refractivity contribution is 0.405. The van der Waals surface area contributed by atoms with Gasteiger partial charge in [0.15, 0.2) is 11.6 Å². The van der Waals surface area contributed by atoms with Crippen LogP contribution in [0.2, 0.25) is 0 Å². The largest absolute Gasteiger partial charge is 0.496 e. The summed E-state index contributed by atoms with van der Waals surface area (Å²) in [6.07, 6.45) is 0.694. The number of nitrogen functional groups attached to an aromatic ring is 1. The smallest absolute Gasteiger partial charge is 0.169 e. The highest BCUT2D eigenvalue weighted by Crippen LogP contribution is 2.33. The van der Waals surface area contributed by atoms with Crippen LogP contribution in [0.25, 0.3) is 11.3 Å². The van der Waals surface area contributed by atoms with E-state index in [-0.39, 0.29) is 11.6 Å². The van der Waals surface area contributed by atoms with Crippen molar-refractivity contribution in [2.45, 2.75) is 13.3 Å². The van der Waals surface area contributed by atoms with Crippen LogP contribution in [-0.4, -0.2) is 12.3 Å². The Morgan fingerprint density at radius 3 is 2.71 bits per heavy atom. The van der Waals surface area contributed by atoms with Crippen LogP contribution in [0.1, 0.15) is 12.5 Å². The van der Waals surface area contributed by atoms with Gasteiger partial charge in [0.05, 0.1) is 7.11 Å². The van der Waals surface area contributed by atoms with Gasteiger partial charge in [-0.05, 0) is 12.5 Å². The van der Waals surface area contributed by atoms with Crippen LogP contribution >= 0.6 is 0 Å². The van der Waals surface area contributed by atoms with E-state index in [0.29, 0.717) is 23.5 Å². The zero-order chi connectivity index (χ0) is 12.4. The van der Waals surface area contributed by atoms with E-state index in [4.69, 9.17) is 15.0 Å². The average molecular weight is 236 g/mol. The highest BCUT2D eigenvalue weighted by atomic mass is 19.1. The first-order valence-electron chi connectivity index (χ1n) is 5.24. The van der Waals surface area contributed by atoms with Crippen molar-refractivity contribution < 1.29 is 13.7 Å². The molecule has 0 spiro atoms. The van der Waals surface area contributed by atoms with E-state index in [9.17, 15) is 4.39 Å². The Morgan fingerprint density at radius 2 is 2.18 bits per heavy atom. The normalized spacial score (nSPS) is 10.5. The van der Waals surface area contributed by atoms with Gasteiger partial charge in [0.1, 0.15) is 11.6 Å². The summed E-state index contributed by atoms with van der Waals surface area (Å²) < 4.78 is 23.7. The minimum absolute atomic E-state index is 0.269. The first-order chi connectivity index (χ1) is 8.15. The molecule has 0 unspecified atom stereocenters. The van der Waals surface area contributed by atoms with Crippen LogP contribution in [0.5, 0.6) is 5.75 Å². The lowest BCUT2D eigenvalue weighted by atomic mass is 10.0. The van der Waals surface area contributed by atoms with Crippen LogP contribution in [0.15, 0.2) is 22.7 Å². The Hall–Kier alpha value is -2.04. The number of anilines is 1. The second-order valence-corrected chi connectivity index (χ2v) is 3.60. The fraction of sp³-hybridized carbons (Fsp3) is 0.250. The summed E-state index contributed by atoms with van der Waals surface area (Å²) in [5, 5.41) is 3.59. The molecule has 0 aliphatic heterocycles. The van der Waals surface area contributed by atoms with Gasteiger partial charge in [-0.25, -0.2) is 4.39 Å². The summed E-state index contributed by atoms with van der Waals surface area (Å²) >= 11 is 0. The van der Waals surface area contributed by atoms with Crippen LogP contribution < -0.4 is 10.5 Å². The van der Waals surface area contributed by atoms with Crippen molar-refractivity contribution in [3.8, 4) is 17.1 Å². The minimum atomic E-state index is -0.385. The van der Waals surface area contributed by atoms with Gasteiger partial charge >= 0.3 is 0 Å². The number of halogens is 1. The number of nitrogens with zero attached hydrogens (tertiary/aromatic N) is 1. The van der Waals surface area contributed by atoms with Crippen molar-refractivity contribution >= 4 is 5.82 Å². The molecule has 0 amide bonds. The number of hydrogen-bond donors (Lipinski definition) is 1. The van der Waals surface area contributed by atoms with Crippen LogP contribution in [0, 0.1) is 5.82 Å². The number of methoxy groups -OCH3 is 1. The number of nitrogens with two attached hydrogens (primary N) is 1. The fourth-order valence-corrected chi connectivity index (χ4v) is 1.79. The molecule has 1 heterocycles. The van der Waals surface area contributed by atoms with Gasteiger partial charge in [0.2, 0.25) is 0 Å². The third-order valence-corrected chi connectivity index (χ3v) is 2.54. The number of aromatic nitrogens is 1. The Bertz CT molecular complexity index is 537. The molecular weight excluding hydrogens is 223 g/mol. The van der Waals surface area contributed by atoms with Gasteiger partial charge in [0, 0.05) is 23.3 Å². The van der Waals surface area contributed by atoms with E-state index in [0.717, 1.165) is 5.56 Å². The van der Waals surface area contributed by atoms with Gasteiger partial charge in [-0.1, -0.05) is 12.1 Å². The zero-order valence-electron chi connectivity index (χ0n) is 9.66. The van der Waals surface area contributed by atoms with Gasteiger partial charge in [0.25, 0.3) is 0 Å². The predicted molar refractivity (Wildman–Crippen MR) is 62.2 cm³/mol. The molecule has 0 atom stereocenters. The monoisotopic (exact) mass is 236 g/mol. The summed E-state index contributed by atoms with van der Waals surface area (Å²) in [5.41, 5.74) is 6.97. The van der Waals surface area contributed by atoms with E-state index in [1.165, 1.54) is 19.2 Å². The molecule has 2 aromatic rings. The molecule has 2 rings (SSSR count). The molecule has 0 saturated carbocycles. The minimum Gasteiger partial charge on any atom is -0.496 e. The Morgan fingerprint density at radius 1 is 1.41 bits per heavy atom. The fourth-order valence-electron chi connectivity index (χ4n) is 1.79. The first kappa shape index (κ1) is 11.4. The highest BCUT2D eigenvalue weighted by Gasteiger charge is 2.15. The number of ether oxygens (including phenoxy) is 1. The molecular formula is C12H13FN2O2. The second kappa shape index (κ2) is 4.45. The van der Waals surface area contributed by atoms with E-state index >= 15 is 0 Å². The van der Waals surface area contributed by atoms with Crippen molar-refractivity contribution in [2.24, 2.45) is 0 Å². The lowest BCUT2D eigenvalue weighted by Gasteiger charge is -2.10. The molecule has 1 aromatic heterocycles. The maximum Gasteiger partial charge on any atom is 0.169 e. The van der Waals surface area contributed by atoms with Crippen molar-refractivity contribution in [1.29, 1.82) is 0 Å². The lowest BCUT2D eigenvalue weighted by Crippen LogP contribution is -1.95. The molecule has 90 valence electrons. The van der Waals surface area contributed by atoms with Crippen molar-refractivity contribution in [1.82, 2.24) is 5.16 Å². The van der Waals surface area contributed by atoms with Crippen molar-refractivity contribution in [3.63, 3.8) is 0 Å². The average Bonchev–Trinajstić information content (AvgIpc) is 2.74. The zero-order valence-corrected chi connectivity index (χ0v) is 9.66. The molecule has 0 radical (unpaired) electrons. The van der Waals surface area contributed by atoms with Crippen molar-refractivity contribution in [2.75, 3.05) is 12.8 Å². The molecule has 0 aliphatic rings. The molecule has 0 saturated heterocycles. The Kier molecular flexibility index (Phi) is 2.99. The second-order valence-electron chi connectivity index (χ2n) is 3.60. The molecule has 0 fully saturated rings. The number of hydrogen-bond acceptors (Lipinski definition) is 4. The van der Waals surface area contributed by atoms with E-state index < -0.39 is 0 Å². The quantitative estimate of drug-likeness (QED) is 0.889. The molecule has 0 bridgehead atoms. The molecule has 4 nitrogen and oxygen atoms in total. The van der Waals surface area contributed by atoms with Crippen LogP contribution in [0.4, 0.5) is 10.2 Å². The number of rotatable bonds is 3. The standard InChI is InChI=1S/C12H13FN2O2/c1-3-8-9(11-6-12(14)15-17-11)4-7(13)5-10(8)16-2/h4-6H,3H2,1-2H3,(H2,14,15). The summed E-state index contributed by atoms with van der Waals surface area (Å²) in [7, 11) is 1.51. The van der Waals surface area contributed by atoms with Crippen LogP contribution in [0.3, 0.4) is 0 Å². The third kappa shape index (κ3) is 2.08. The van der Waals surface area contributed by atoms with E-state index in [1.807, 2.05) is 6.92 Å². The highest BCUT2D eigenvalue weighted by molar-refractivity contribution is 5.67. The molecule has 1 aromatic carbocycles. The Balaban J connectivity index is 2.63. The SMILES string of the molecule is CCc1c(OC)cc(F)cc1-c1cc(N)no1. The van der Waals surface area contributed by atoms with Gasteiger partial charge in [-0.2, -0.15) is 0 Å². The first-order valence-corrected chi connectivity index (χ1v) is 5.24. The van der Waals surface area contributed by atoms with Crippen LogP contribution in [-0.2, 0) is 6.42 Å². The van der Waals surface area contributed by atoms with E-state index in [2.05, 4.69) is 5.16 Å². The topological polar surface area (TPSA) is 61.3 Å². The molecule has 0 aliphatic carbocycles. The summed E-state index contributed by atoms with van der Waals surface area (Å²) in [5.74, 6) is 0.823. The summed E-state index contributed by atoms with van der Waals surface area (Å²) in [6, 6.07) is 4.30. The third-order valence-electron chi connectivity index (χ3n) is 2.54. The molecule has 17 heavy (non-hydrogen) atoms. The summed E-state index contributed by atoms with van der Waals surface area (Å²) in [4.78, 5) is 0. The summed E-state index contributed by atoms with van der Waals surface area (Å²) in [6.45, 7) is 1.96. The maximum absolute atomic E-state index is 13.5. The Labute approximate surface area is 98.2 Å². The van der Waals surface area contributed by atoms with Crippen molar-refractivity contribution in [3.05, 3.63) is 29.6 Å². The van der Waals surface area contributed by atoms with E-state index in [1.54, 1.807) is 6.07 Å². The molecule has 2 N–H and O–H groups in total. The van der Waals surface area contributed by atoms with Gasteiger partial charge < -0.3 is 15.0 Å². The van der Waals surface area contributed by atoms with Gasteiger partial charge in [-0.3, -0.25) is 0 Å². The number of benzene rings is 1.